The molecule has 1 aromatic rings. The highest BCUT2D eigenvalue weighted by Gasteiger charge is 2.30. The summed E-state index contributed by atoms with van der Waals surface area (Å²) in [6.07, 6.45) is 2.56. The largest absolute Gasteiger partial charge is 0.494 e. The highest BCUT2D eigenvalue weighted by molar-refractivity contribution is 5.81. The Labute approximate surface area is 142 Å². The van der Waals surface area contributed by atoms with E-state index in [1.54, 1.807) is 12.1 Å². The fraction of sp³-hybridized carbons (Fsp3) is 0.611. The van der Waals surface area contributed by atoms with E-state index in [4.69, 9.17) is 9.47 Å². The van der Waals surface area contributed by atoms with Crippen LogP contribution in [0.15, 0.2) is 24.3 Å². The van der Waals surface area contributed by atoms with Crippen molar-refractivity contribution in [3.63, 3.8) is 0 Å². The van der Waals surface area contributed by atoms with Gasteiger partial charge in [-0.2, -0.15) is 0 Å². The molecule has 2 fully saturated rings. The molecule has 0 N–H and O–H groups in total. The number of carbonyl (C=O) groups is 1. The molecule has 0 aliphatic carbocycles. The van der Waals surface area contributed by atoms with Crippen molar-refractivity contribution in [2.45, 2.75) is 25.4 Å². The van der Waals surface area contributed by atoms with Gasteiger partial charge in [-0.3, -0.25) is 9.69 Å². The summed E-state index contributed by atoms with van der Waals surface area (Å²) in [6.45, 7) is 5.62. The highest BCUT2D eigenvalue weighted by atomic mass is 19.1. The molecule has 0 unspecified atom stereocenters. The van der Waals surface area contributed by atoms with E-state index in [9.17, 15) is 9.18 Å². The van der Waals surface area contributed by atoms with Gasteiger partial charge < -0.3 is 14.4 Å². The van der Waals surface area contributed by atoms with Crippen LogP contribution < -0.4 is 4.74 Å². The van der Waals surface area contributed by atoms with E-state index in [-0.39, 0.29) is 17.8 Å². The maximum Gasteiger partial charge on any atom is 0.251 e. The lowest BCUT2D eigenvalue weighted by Crippen LogP contribution is -2.51. The Kier molecular flexibility index (Phi) is 6.04. The maximum absolute atomic E-state index is 12.8. The number of rotatable bonds is 6. The van der Waals surface area contributed by atoms with Crippen LogP contribution in [0.25, 0.3) is 0 Å². The standard InChI is InChI=1S/C18H25FN2O3/c19-15-4-6-16(7-5-15)23-14-2-8-20-9-11-21(12-10-20)18(22)17-3-1-13-24-17/h4-7,17H,1-3,8-14H2/t17-/m0/s1. The van der Waals surface area contributed by atoms with E-state index in [0.717, 1.165) is 52.0 Å². The summed E-state index contributed by atoms with van der Waals surface area (Å²) in [5.41, 5.74) is 0. The Morgan fingerprint density at radius 2 is 1.96 bits per heavy atom. The van der Waals surface area contributed by atoms with Crippen molar-refractivity contribution in [2.24, 2.45) is 0 Å². The van der Waals surface area contributed by atoms with Crippen molar-refractivity contribution in [3.05, 3.63) is 30.1 Å². The molecule has 0 bridgehead atoms. The predicted molar refractivity (Wildman–Crippen MR) is 88.5 cm³/mol. The molecule has 5 nitrogen and oxygen atoms in total. The molecule has 1 aromatic carbocycles. The van der Waals surface area contributed by atoms with Crippen LogP contribution in [0.5, 0.6) is 5.75 Å². The molecule has 1 atom stereocenters. The molecule has 0 aromatic heterocycles. The van der Waals surface area contributed by atoms with Gasteiger partial charge in [-0.15, -0.1) is 0 Å². The predicted octanol–water partition coefficient (Wildman–Crippen LogP) is 1.92. The number of hydrogen-bond acceptors (Lipinski definition) is 4. The number of nitrogens with zero attached hydrogens (tertiary/aromatic N) is 2. The third-order valence-electron chi connectivity index (χ3n) is 4.59. The van der Waals surface area contributed by atoms with Gasteiger partial charge in [0.2, 0.25) is 0 Å². The molecule has 6 heteroatoms. The second kappa shape index (κ2) is 8.44. The quantitative estimate of drug-likeness (QED) is 0.745. The molecule has 0 spiro atoms. The number of ether oxygens (including phenoxy) is 2. The Hall–Kier alpha value is -1.66. The number of halogens is 1. The van der Waals surface area contributed by atoms with Gasteiger partial charge in [0.15, 0.2) is 0 Å². The third kappa shape index (κ3) is 4.68. The fourth-order valence-corrected chi connectivity index (χ4v) is 3.18. The van der Waals surface area contributed by atoms with Crippen LogP contribution in [0, 0.1) is 5.82 Å². The average molecular weight is 336 g/mol. The van der Waals surface area contributed by atoms with Crippen LogP contribution in [0.3, 0.4) is 0 Å². The Bertz CT molecular complexity index is 524. The van der Waals surface area contributed by atoms with Crippen LogP contribution >= 0.6 is 0 Å². The summed E-state index contributed by atoms with van der Waals surface area (Å²) in [5, 5.41) is 0. The molecule has 0 radical (unpaired) electrons. The van der Waals surface area contributed by atoms with E-state index in [0.29, 0.717) is 19.0 Å². The SMILES string of the molecule is O=C([C@@H]1CCCO1)N1CCN(CCCOc2ccc(F)cc2)CC1. The molecule has 132 valence electrons. The molecular formula is C18H25FN2O3. The van der Waals surface area contributed by atoms with Gasteiger partial charge in [-0.1, -0.05) is 0 Å². The van der Waals surface area contributed by atoms with E-state index in [2.05, 4.69) is 4.90 Å². The topological polar surface area (TPSA) is 42.0 Å². The van der Waals surface area contributed by atoms with E-state index >= 15 is 0 Å². The summed E-state index contributed by atoms with van der Waals surface area (Å²) >= 11 is 0. The number of amides is 1. The van der Waals surface area contributed by atoms with Gasteiger partial charge in [-0.25, -0.2) is 4.39 Å². The first-order valence-corrected chi connectivity index (χ1v) is 8.73. The first-order valence-electron chi connectivity index (χ1n) is 8.73. The molecule has 2 heterocycles. The van der Waals surface area contributed by atoms with Gasteiger partial charge in [0.1, 0.15) is 17.7 Å². The molecular weight excluding hydrogens is 311 g/mol. The van der Waals surface area contributed by atoms with Crippen molar-refractivity contribution in [3.8, 4) is 5.75 Å². The van der Waals surface area contributed by atoms with E-state index < -0.39 is 0 Å². The van der Waals surface area contributed by atoms with Crippen molar-refractivity contribution in [1.29, 1.82) is 0 Å². The summed E-state index contributed by atoms with van der Waals surface area (Å²) in [5.74, 6) is 0.605. The maximum atomic E-state index is 12.8. The smallest absolute Gasteiger partial charge is 0.251 e. The van der Waals surface area contributed by atoms with Gasteiger partial charge in [0, 0.05) is 39.3 Å². The fourth-order valence-electron chi connectivity index (χ4n) is 3.18. The zero-order valence-electron chi connectivity index (χ0n) is 14.0. The lowest BCUT2D eigenvalue weighted by molar-refractivity contribution is -0.142. The lowest BCUT2D eigenvalue weighted by atomic mass is 10.2. The molecule has 3 rings (SSSR count). The lowest BCUT2D eigenvalue weighted by Gasteiger charge is -2.35. The molecule has 2 aliphatic heterocycles. The Morgan fingerprint density at radius 1 is 1.21 bits per heavy atom. The number of piperazine rings is 1. The first kappa shape index (κ1) is 17.2. The van der Waals surface area contributed by atoms with Gasteiger partial charge in [0.25, 0.3) is 5.91 Å². The van der Waals surface area contributed by atoms with Crippen molar-refractivity contribution in [2.75, 3.05) is 45.9 Å². The normalized spacial score (nSPS) is 21.9. The van der Waals surface area contributed by atoms with Crippen LogP contribution in [0.1, 0.15) is 19.3 Å². The monoisotopic (exact) mass is 336 g/mol. The van der Waals surface area contributed by atoms with Crippen molar-refractivity contribution < 1.29 is 18.7 Å². The minimum atomic E-state index is -0.252. The third-order valence-corrected chi connectivity index (χ3v) is 4.59. The molecule has 24 heavy (non-hydrogen) atoms. The minimum Gasteiger partial charge on any atom is -0.494 e. The van der Waals surface area contributed by atoms with Gasteiger partial charge >= 0.3 is 0 Å². The van der Waals surface area contributed by atoms with E-state index in [1.807, 2.05) is 4.90 Å². The summed E-state index contributed by atoms with van der Waals surface area (Å²) in [7, 11) is 0. The molecule has 0 saturated carbocycles. The van der Waals surface area contributed by atoms with Crippen molar-refractivity contribution >= 4 is 5.91 Å². The number of benzene rings is 1. The van der Waals surface area contributed by atoms with Crippen LogP contribution in [0.4, 0.5) is 4.39 Å². The van der Waals surface area contributed by atoms with Gasteiger partial charge in [0.05, 0.1) is 6.61 Å². The molecule has 1 amide bonds. The summed E-state index contributed by atoms with van der Waals surface area (Å²) in [4.78, 5) is 16.6. The first-order chi connectivity index (χ1) is 11.7. The van der Waals surface area contributed by atoms with Crippen LogP contribution in [0.2, 0.25) is 0 Å². The molecule has 2 saturated heterocycles. The van der Waals surface area contributed by atoms with Crippen LogP contribution in [-0.4, -0.2) is 67.7 Å². The number of hydrogen-bond donors (Lipinski definition) is 0. The van der Waals surface area contributed by atoms with E-state index in [1.165, 1.54) is 12.1 Å². The Morgan fingerprint density at radius 3 is 2.62 bits per heavy atom. The highest BCUT2D eigenvalue weighted by Crippen LogP contribution is 2.16. The summed E-state index contributed by atoms with van der Waals surface area (Å²) < 4.78 is 23.9. The zero-order valence-corrected chi connectivity index (χ0v) is 14.0. The Balaban J connectivity index is 1.31. The second-order valence-electron chi connectivity index (χ2n) is 6.32. The molecule has 2 aliphatic rings. The average Bonchev–Trinajstić information content (AvgIpc) is 3.15. The van der Waals surface area contributed by atoms with Gasteiger partial charge in [-0.05, 0) is 43.5 Å². The second-order valence-corrected chi connectivity index (χ2v) is 6.32. The van der Waals surface area contributed by atoms with Crippen LogP contribution in [-0.2, 0) is 9.53 Å². The van der Waals surface area contributed by atoms with Crippen molar-refractivity contribution in [1.82, 2.24) is 9.80 Å². The minimum absolute atomic E-state index is 0.159. The summed E-state index contributed by atoms with van der Waals surface area (Å²) in [6, 6.07) is 6.09. The number of carbonyl (C=O) groups excluding carboxylic acids is 1. The zero-order chi connectivity index (χ0) is 16.8.